The molecule has 0 saturated carbocycles. The van der Waals surface area contributed by atoms with Crippen LogP contribution in [0.15, 0.2) is 11.1 Å². The van der Waals surface area contributed by atoms with E-state index in [4.69, 9.17) is 0 Å². The van der Waals surface area contributed by atoms with Crippen LogP contribution in [0.2, 0.25) is 0 Å². The standard InChI is InChI=1S/C17H19N5O2S/c1-9-13-15(23)19-8-20-17(13)25-14(9)16(24)18-7-12-10-5-3-2-4-6-11(10)21-22-12/h8H,2-7H2,1H3,(H,18,24)(H,21,22)(H,19,20,23). The number of carbonyl (C=O) groups is 1. The number of aryl methyl sites for hydroxylation is 2. The Kier molecular flexibility index (Phi) is 4.12. The van der Waals surface area contributed by atoms with Gasteiger partial charge in [0.1, 0.15) is 4.83 Å². The molecule has 3 aromatic rings. The van der Waals surface area contributed by atoms with Crippen molar-refractivity contribution in [1.29, 1.82) is 0 Å². The van der Waals surface area contributed by atoms with Gasteiger partial charge in [0.05, 0.1) is 28.8 Å². The van der Waals surface area contributed by atoms with E-state index in [0.717, 1.165) is 25.0 Å². The van der Waals surface area contributed by atoms with Crippen molar-refractivity contribution in [3.8, 4) is 0 Å². The number of nitrogens with one attached hydrogen (secondary N) is 3. The highest BCUT2D eigenvalue weighted by Crippen LogP contribution is 2.26. The maximum absolute atomic E-state index is 12.6. The van der Waals surface area contributed by atoms with Gasteiger partial charge in [0.15, 0.2) is 0 Å². The fourth-order valence-electron chi connectivity index (χ4n) is 3.41. The first kappa shape index (κ1) is 16.0. The van der Waals surface area contributed by atoms with Crippen LogP contribution in [-0.2, 0) is 19.4 Å². The van der Waals surface area contributed by atoms with Crippen molar-refractivity contribution in [2.24, 2.45) is 0 Å². The summed E-state index contributed by atoms with van der Waals surface area (Å²) in [6.45, 7) is 2.17. The van der Waals surface area contributed by atoms with E-state index in [1.165, 1.54) is 41.8 Å². The average molecular weight is 357 g/mol. The van der Waals surface area contributed by atoms with Gasteiger partial charge < -0.3 is 10.3 Å². The predicted molar refractivity (Wildman–Crippen MR) is 96.0 cm³/mol. The van der Waals surface area contributed by atoms with Crippen LogP contribution in [0.4, 0.5) is 0 Å². The average Bonchev–Trinajstić information content (AvgIpc) is 3.05. The van der Waals surface area contributed by atoms with Gasteiger partial charge >= 0.3 is 0 Å². The van der Waals surface area contributed by atoms with E-state index >= 15 is 0 Å². The van der Waals surface area contributed by atoms with Crippen molar-refractivity contribution >= 4 is 27.5 Å². The molecule has 3 heterocycles. The molecule has 1 aliphatic carbocycles. The number of aromatic nitrogens is 4. The van der Waals surface area contributed by atoms with E-state index in [0.29, 0.717) is 27.2 Å². The summed E-state index contributed by atoms with van der Waals surface area (Å²) >= 11 is 1.24. The largest absolute Gasteiger partial charge is 0.346 e. The van der Waals surface area contributed by atoms with Crippen molar-refractivity contribution in [3.05, 3.63) is 44.1 Å². The topological polar surface area (TPSA) is 104 Å². The Balaban J connectivity index is 1.56. The maximum Gasteiger partial charge on any atom is 0.262 e. The Labute approximate surface area is 147 Å². The Bertz CT molecular complexity index is 1000. The first-order chi connectivity index (χ1) is 12.1. The molecule has 130 valence electrons. The Morgan fingerprint density at radius 3 is 3.00 bits per heavy atom. The summed E-state index contributed by atoms with van der Waals surface area (Å²) < 4.78 is 0. The number of nitrogens with zero attached hydrogens (tertiary/aromatic N) is 2. The maximum atomic E-state index is 12.6. The molecule has 7 nitrogen and oxygen atoms in total. The van der Waals surface area contributed by atoms with Gasteiger partial charge in [-0.1, -0.05) is 6.42 Å². The molecule has 1 aliphatic rings. The monoisotopic (exact) mass is 357 g/mol. The van der Waals surface area contributed by atoms with Crippen LogP contribution >= 0.6 is 11.3 Å². The summed E-state index contributed by atoms with van der Waals surface area (Å²) in [5.74, 6) is -0.190. The quantitative estimate of drug-likeness (QED) is 0.625. The van der Waals surface area contributed by atoms with Gasteiger partial charge in [0, 0.05) is 5.69 Å². The molecule has 0 saturated heterocycles. The second-order valence-corrected chi connectivity index (χ2v) is 7.34. The second-order valence-electron chi connectivity index (χ2n) is 6.34. The number of aromatic amines is 2. The number of H-pyrrole nitrogens is 2. The van der Waals surface area contributed by atoms with Gasteiger partial charge in [-0.2, -0.15) is 5.10 Å². The van der Waals surface area contributed by atoms with Gasteiger partial charge in [0.25, 0.3) is 11.5 Å². The lowest BCUT2D eigenvalue weighted by Crippen LogP contribution is -2.23. The third-order valence-electron chi connectivity index (χ3n) is 4.75. The van der Waals surface area contributed by atoms with Crippen molar-refractivity contribution in [3.63, 3.8) is 0 Å². The fraction of sp³-hybridized carbons (Fsp3) is 0.412. The number of fused-ring (bicyclic) bond motifs is 2. The molecule has 3 N–H and O–H groups in total. The smallest absolute Gasteiger partial charge is 0.262 e. The number of amides is 1. The van der Waals surface area contributed by atoms with Crippen molar-refractivity contribution < 1.29 is 4.79 Å². The Morgan fingerprint density at radius 2 is 2.16 bits per heavy atom. The number of thiophene rings is 1. The van der Waals surface area contributed by atoms with E-state index in [1.54, 1.807) is 6.92 Å². The lowest BCUT2D eigenvalue weighted by Gasteiger charge is -2.05. The van der Waals surface area contributed by atoms with E-state index in [9.17, 15) is 9.59 Å². The van der Waals surface area contributed by atoms with Gasteiger partial charge in [-0.15, -0.1) is 11.3 Å². The summed E-state index contributed by atoms with van der Waals surface area (Å²) in [5.41, 5.74) is 3.84. The highest BCUT2D eigenvalue weighted by atomic mass is 32.1. The molecule has 0 unspecified atom stereocenters. The van der Waals surface area contributed by atoms with Crippen LogP contribution in [0.5, 0.6) is 0 Å². The van der Waals surface area contributed by atoms with Crippen molar-refractivity contribution in [2.75, 3.05) is 0 Å². The highest BCUT2D eigenvalue weighted by molar-refractivity contribution is 7.20. The van der Waals surface area contributed by atoms with Crippen LogP contribution < -0.4 is 10.9 Å². The zero-order valence-corrected chi connectivity index (χ0v) is 14.8. The number of hydrogen-bond acceptors (Lipinski definition) is 5. The Hall–Kier alpha value is -2.48. The minimum Gasteiger partial charge on any atom is -0.346 e. The summed E-state index contributed by atoms with van der Waals surface area (Å²) in [6.07, 6.45) is 6.98. The summed E-state index contributed by atoms with van der Waals surface area (Å²) in [4.78, 5) is 32.4. The first-order valence-electron chi connectivity index (χ1n) is 8.45. The van der Waals surface area contributed by atoms with Crippen LogP contribution in [0.25, 0.3) is 10.2 Å². The van der Waals surface area contributed by atoms with E-state index < -0.39 is 0 Å². The lowest BCUT2D eigenvalue weighted by atomic mass is 10.1. The molecular weight excluding hydrogens is 338 g/mol. The van der Waals surface area contributed by atoms with Gasteiger partial charge in [-0.25, -0.2) is 4.98 Å². The zero-order valence-electron chi connectivity index (χ0n) is 13.9. The van der Waals surface area contributed by atoms with Crippen LogP contribution in [0.1, 0.15) is 51.4 Å². The second kappa shape index (κ2) is 6.44. The molecule has 0 spiro atoms. The third kappa shape index (κ3) is 2.86. The van der Waals surface area contributed by atoms with Gasteiger partial charge in [-0.05, 0) is 43.7 Å². The first-order valence-corrected chi connectivity index (χ1v) is 9.26. The molecule has 0 radical (unpaired) electrons. The predicted octanol–water partition coefficient (Wildman–Crippen LogP) is 2.22. The minimum absolute atomic E-state index is 0.190. The molecule has 3 aromatic heterocycles. The Morgan fingerprint density at radius 1 is 1.32 bits per heavy atom. The van der Waals surface area contributed by atoms with Gasteiger partial charge in [0.2, 0.25) is 0 Å². The van der Waals surface area contributed by atoms with E-state index in [-0.39, 0.29) is 11.5 Å². The van der Waals surface area contributed by atoms with Crippen LogP contribution in [0.3, 0.4) is 0 Å². The molecule has 1 amide bonds. The molecule has 8 heteroatoms. The molecule has 0 atom stereocenters. The number of carbonyl (C=O) groups excluding carboxylic acids is 1. The summed E-state index contributed by atoms with van der Waals surface area (Å²) in [5, 5.41) is 10.9. The third-order valence-corrected chi connectivity index (χ3v) is 5.95. The van der Waals surface area contributed by atoms with Crippen molar-refractivity contribution in [2.45, 2.75) is 45.6 Å². The van der Waals surface area contributed by atoms with Crippen molar-refractivity contribution in [1.82, 2.24) is 25.5 Å². The number of hydrogen-bond donors (Lipinski definition) is 3. The fourth-order valence-corrected chi connectivity index (χ4v) is 4.48. The highest BCUT2D eigenvalue weighted by Gasteiger charge is 2.20. The molecule has 4 rings (SSSR count). The zero-order chi connectivity index (χ0) is 17.4. The van der Waals surface area contributed by atoms with E-state index in [1.807, 2.05) is 0 Å². The lowest BCUT2D eigenvalue weighted by molar-refractivity contribution is 0.0954. The number of rotatable bonds is 3. The molecule has 0 aromatic carbocycles. The summed E-state index contributed by atoms with van der Waals surface area (Å²) in [7, 11) is 0. The minimum atomic E-state index is -0.213. The molecule has 0 fully saturated rings. The SMILES string of the molecule is Cc1c(C(=O)NCc2n[nH]c3c2CCCCC3)sc2nc[nH]c(=O)c12. The summed E-state index contributed by atoms with van der Waals surface area (Å²) in [6, 6.07) is 0. The molecular formula is C17H19N5O2S. The van der Waals surface area contributed by atoms with Crippen LogP contribution in [0, 0.1) is 6.92 Å². The molecule has 25 heavy (non-hydrogen) atoms. The van der Waals surface area contributed by atoms with Gasteiger partial charge in [-0.3, -0.25) is 14.7 Å². The van der Waals surface area contributed by atoms with E-state index in [2.05, 4.69) is 25.5 Å². The van der Waals surface area contributed by atoms with Crippen LogP contribution in [-0.4, -0.2) is 26.1 Å². The molecule has 0 bridgehead atoms. The normalized spacial score (nSPS) is 14.3. The molecule has 0 aliphatic heterocycles.